The molecule has 8 heteroatoms. The molecule has 3 heterocycles. The number of fused-ring (bicyclic) bond motifs is 1. The first-order chi connectivity index (χ1) is 15.6. The molecule has 0 unspecified atom stereocenters. The second kappa shape index (κ2) is 7.92. The number of carbonyl (C=O) groups is 1. The first-order valence-corrected chi connectivity index (χ1v) is 9.78. The Balaban J connectivity index is 1.40. The van der Waals surface area contributed by atoms with E-state index < -0.39 is 17.3 Å². The first-order valence-electron chi connectivity index (χ1n) is 9.78. The molecule has 5 aromatic rings. The number of hydrogen-bond donors (Lipinski definition) is 1. The van der Waals surface area contributed by atoms with E-state index in [0.717, 1.165) is 16.8 Å². The molecule has 156 valence electrons. The van der Waals surface area contributed by atoms with Crippen LogP contribution < -0.4 is 10.9 Å². The van der Waals surface area contributed by atoms with Crippen LogP contribution in [0.15, 0.2) is 96.3 Å². The Kier molecular flexibility index (Phi) is 4.79. The van der Waals surface area contributed by atoms with Crippen molar-refractivity contribution in [2.45, 2.75) is 0 Å². The molecule has 7 nitrogen and oxygen atoms in total. The monoisotopic (exact) mass is 425 g/mol. The molecule has 0 saturated carbocycles. The third-order valence-corrected chi connectivity index (χ3v) is 5.05. The number of imidazole rings is 1. The van der Waals surface area contributed by atoms with Gasteiger partial charge in [0.15, 0.2) is 5.65 Å². The summed E-state index contributed by atoms with van der Waals surface area (Å²) in [5, 5.41) is 6.96. The number of amides is 1. The summed E-state index contributed by atoms with van der Waals surface area (Å²) in [7, 11) is 0. The van der Waals surface area contributed by atoms with Gasteiger partial charge in [-0.15, -0.1) is 0 Å². The van der Waals surface area contributed by atoms with Crippen LogP contribution in [-0.4, -0.2) is 25.1 Å². The standard InChI is InChI=1S/C24H16FN5O2/c25-17-5-9-19(10-6-17)29-14-1-2-21(24(29)32)23(31)28-18-7-3-16(4-8-18)20-11-12-27-30-15-13-26-22(20)30/h1-15H,(H,28,31). The number of anilines is 1. The van der Waals surface area contributed by atoms with E-state index in [2.05, 4.69) is 15.4 Å². The number of nitrogens with zero attached hydrogens (tertiary/aromatic N) is 4. The van der Waals surface area contributed by atoms with Crippen molar-refractivity contribution in [1.82, 2.24) is 19.2 Å². The minimum Gasteiger partial charge on any atom is -0.322 e. The predicted molar refractivity (Wildman–Crippen MR) is 118 cm³/mol. The van der Waals surface area contributed by atoms with E-state index in [4.69, 9.17) is 0 Å². The molecule has 0 atom stereocenters. The zero-order valence-corrected chi connectivity index (χ0v) is 16.6. The number of pyridine rings is 1. The summed E-state index contributed by atoms with van der Waals surface area (Å²) in [4.78, 5) is 29.9. The zero-order valence-electron chi connectivity index (χ0n) is 16.6. The van der Waals surface area contributed by atoms with Crippen molar-refractivity contribution in [3.8, 4) is 16.8 Å². The van der Waals surface area contributed by atoms with Gasteiger partial charge in [-0.3, -0.25) is 14.2 Å². The summed E-state index contributed by atoms with van der Waals surface area (Å²) in [6, 6.07) is 17.6. The molecule has 0 fully saturated rings. The molecule has 5 rings (SSSR count). The highest BCUT2D eigenvalue weighted by molar-refractivity contribution is 6.04. The number of nitrogens with one attached hydrogen (secondary N) is 1. The third-order valence-electron chi connectivity index (χ3n) is 5.05. The Bertz CT molecular complexity index is 1490. The SMILES string of the molecule is O=C(Nc1ccc(-c2ccnn3ccnc23)cc1)c1cccn(-c2ccc(F)cc2)c1=O. The molecular weight excluding hydrogens is 409 g/mol. The van der Waals surface area contributed by atoms with E-state index in [-0.39, 0.29) is 5.56 Å². The lowest BCUT2D eigenvalue weighted by molar-refractivity contribution is 0.102. The van der Waals surface area contributed by atoms with Gasteiger partial charge in [0.25, 0.3) is 11.5 Å². The summed E-state index contributed by atoms with van der Waals surface area (Å²) < 4.78 is 16.2. The van der Waals surface area contributed by atoms with Crippen LogP contribution in [0.1, 0.15) is 10.4 Å². The van der Waals surface area contributed by atoms with E-state index in [9.17, 15) is 14.0 Å². The van der Waals surface area contributed by atoms with Crippen LogP contribution in [-0.2, 0) is 0 Å². The lowest BCUT2D eigenvalue weighted by Crippen LogP contribution is -2.27. The summed E-state index contributed by atoms with van der Waals surface area (Å²) in [6.45, 7) is 0. The quantitative estimate of drug-likeness (QED) is 0.473. The van der Waals surface area contributed by atoms with Gasteiger partial charge >= 0.3 is 0 Å². The summed E-state index contributed by atoms with van der Waals surface area (Å²) in [5.41, 5.74) is 3.06. The van der Waals surface area contributed by atoms with Gasteiger partial charge in [-0.25, -0.2) is 13.9 Å². The molecule has 0 spiro atoms. The van der Waals surface area contributed by atoms with Crippen LogP contribution in [0.4, 0.5) is 10.1 Å². The minimum atomic E-state index is -0.529. The van der Waals surface area contributed by atoms with Gasteiger partial charge in [0.2, 0.25) is 0 Å². The molecular formula is C24H16FN5O2. The molecule has 0 radical (unpaired) electrons. The molecule has 0 aliphatic heterocycles. The number of halogens is 1. The highest BCUT2D eigenvalue weighted by Gasteiger charge is 2.14. The van der Waals surface area contributed by atoms with Gasteiger partial charge in [0.05, 0.1) is 0 Å². The van der Waals surface area contributed by atoms with Gasteiger partial charge in [0.1, 0.15) is 11.4 Å². The summed E-state index contributed by atoms with van der Waals surface area (Å²) in [6.07, 6.45) is 6.68. The third kappa shape index (κ3) is 3.54. The van der Waals surface area contributed by atoms with Crippen molar-refractivity contribution in [2.75, 3.05) is 5.32 Å². The summed E-state index contributed by atoms with van der Waals surface area (Å²) >= 11 is 0. The largest absolute Gasteiger partial charge is 0.322 e. The van der Waals surface area contributed by atoms with Gasteiger partial charge in [-0.05, 0) is 60.2 Å². The van der Waals surface area contributed by atoms with Crippen molar-refractivity contribution in [2.24, 2.45) is 0 Å². The topological polar surface area (TPSA) is 81.3 Å². The Labute approximate surface area is 181 Å². The minimum absolute atomic E-state index is 0.0193. The van der Waals surface area contributed by atoms with Gasteiger partial charge in [-0.1, -0.05) is 12.1 Å². The molecule has 0 aliphatic carbocycles. The molecule has 0 bridgehead atoms. The van der Waals surface area contributed by atoms with Gasteiger partial charge in [-0.2, -0.15) is 5.10 Å². The Morgan fingerprint density at radius 2 is 1.69 bits per heavy atom. The maximum atomic E-state index is 13.2. The van der Waals surface area contributed by atoms with E-state index in [0.29, 0.717) is 11.4 Å². The molecule has 1 amide bonds. The Morgan fingerprint density at radius 1 is 0.906 bits per heavy atom. The number of rotatable bonds is 4. The maximum Gasteiger partial charge on any atom is 0.267 e. The molecule has 0 saturated heterocycles. The van der Waals surface area contributed by atoms with E-state index >= 15 is 0 Å². The van der Waals surface area contributed by atoms with Crippen molar-refractivity contribution < 1.29 is 9.18 Å². The van der Waals surface area contributed by atoms with Crippen LogP contribution in [0.2, 0.25) is 0 Å². The van der Waals surface area contributed by atoms with Crippen molar-refractivity contribution in [1.29, 1.82) is 0 Å². The van der Waals surface area contributed by atoms with Gasteiger partial charge in [0, 0.05) is 41.7 Å². The maximum absolute atomic E-state index is 13.2. The lowest BCUT2D eigenvalue weighted by atomic mass is 10.1. The number of benzene rings is 2. The van der Waals surface area contributed by atoms with Gasteiger partial charge < -0.3 is 5.32 Å². The highest BCUT2D eigenvalue weighted by atomic mass is 19.1. The summed E-state index contributed by atoms with van der Waals surface area (Å²) in [5.74, 6) is -0.932. The van der Waals surface area contributed by atoms with E-state index in [1.807, 2.05) is 18.2 Å². The normalized spacial score (nSPS) is 10.9. The molecule has 2 aromatic carbocycles. The number of carbonyl (C=O) groups excluding carboxylic acids is 1. The van der Waals surface area contributed by atoms with E-state index in [1.54, 1.807) is 41.3 Å². The van der Waals surface area contributed by atoms with Crippen molar-refractivity contribution in [3.05, 3.63) is 113 Å². The average Bonchev–Trinajstić information content (AvgIpc) is 3.30. The molecule has 3 aromatic heterocycles. The highest BCUT2D eigenvalue weighted by Crippen LogP contribution is 2.24. The molecule has 1 N–H and O–H groups in total. The van der Waals surface area contributed by atoms with Crippen LogP contribution in [0.3, 0.4) is 0 Å². The fourth-order valence-electron chi connectivity index (χ4n) is 3.47. The Morgan fingerprint density at radius 3 is 2.47 bits per heavy atom. The van der Waals surface area contributed by atoms with Crippen LogP contribution in [0.5, 0.6) is 0 Å². The zero-order chi connectivity index (χ0) is 22.1. The number of aromatic nitrogens is 4. The second-order valence-electron chi connectivity index (χ2n) is 7.05. The first kappa shape index (κ1) is 19.4. The predicted octanol–water partition coefficient (Wildman–Crippen LogP) is 3.94. The molecule has 0 aliphatic rings. The smallest absolute Gasteiger partial charge is 0.267 e. The van der Waals surface area contributed by atoms with Crippen LogP contribution in [0.25, 0.3) is 22.5 Å². The molecule has 32 heavy (non-hydrogen) atoms. The fraction of sp³-hybridized carbons (Fsp3) is 0. The van der Waals surface area contributed by atoms with Crippen molar-refractivity contribution >= 4 is 17.2 Å². The number of hydrogen-bond acceptors (Lipinski definition) is 4. The van der Waals surface area contributed by atoms with Crippen molar-refractivity contribution in [3.63, 3.8) is 0 Å². The van der Waals surface area contributed by atoms with E-state index in [1.165, 1.54) is 41.1 Å². The van der Waals surface area contributed by atoms with Crippen LogP contribution in [0, 0.1) is 5.82 Å². The van der Waals surface area contributed by atoms with Crippen LogP contribution >= 0.6 is 0 Å². The Hall–Kier alpha value is -4.59. The second-order valence-corrected chi connectivity index (χ2v) is 7.05. The fourth-order valence-corrected chi connectivity index (χ4v) is 3.47. The average molecular weight is 425 g/mol. The lowest BCUT2D eigenvalue weighted by Gasteiger charge is -2.10.